The van der Waals surface area contributed by atoms with E-state index >= 15 is 0 Å². The molecule has 1 N–H and O–H groups in total. The number of aliphatic carboxylic acids is 1. The van der Waals surface area contributed by atoms with Gasteiger partial charge in [-0.25, -0.2) is 4.79 Å². The number of rotatable bonds is 5. The molecule has 1 aromatic carbocycles. The molecule has 0 atom stereocenters. The van der Waals surface area contributed by atoms with Crippen molar-refractivity contribution in [3.05, 3.63) is 22.6 Å². The minimum Gasteiger partial charge on any atom is -0.493 e. The van der Waals surface area contributed by atoms with E-state index in [9.17, 15) is 4.79 Å². The quantitative estimate of drug-likeness (QED) is 0.633. The van der Waals surface area contributed by atoms with E-state index < -0.39 is 5.97 Å². The van der Waals surface area contributed by atoms with E-state index in [1.807, 2.05) is 0 Å². The molecule has 0 aliphatic heterocycles. The topological polar surface area (TPSA) is 65.0 Å². The van der Waals surface area contributed by atoms with Crippen molar-refractivity contribution in [3.8, 4) is 17.2 Å². The van der Waals surface area contributed by atoms with Gasteiger partial charge in [-0.15, -0.1) is 12.6 Å². The lowest BCUT2D eigenvalue weighted by Crippen LogP contribution is -1.97. The number of benzene rings is 1. The highest BCUT2D eigenvalue weighted by molar-refractivity contribution is 7.85. The SMILES string of the molecule is COc1cc(/C=C(/S)C(=O)O)cc(OC)c1OC. The largest absolute Gasteiger partial charge is 0.493 e. The molecule has 18 heavy (non-hydrogen) atoms. The Morgan fingerprint density at radius 3 is 2.00 bits per heavy atom. The fourth-order valence-corrected chi connectivity index (χ4v) is 1.55. The highest BCUT2D eigenvalue weighted by Crippen LogP contribution is 2.38. The minimum atomic E-state index is -1.10. The average molecular weight is 270 g/mol. The molecule has 0 heterocycles. The summed E-state index contributed by atoms with van der Waals surface area (Å²) in [5.41, 5.74) is 0.594. The van der Waals surface area contributed by atoms with E-state index in [0.717, 1.165) is 0 Å². The third-order valence-corrected chi connectivity index (χ3v) is 2.53. The third kappa shape index (κ3) is 3.10. The predicted octanol–water partition coefficient (Wildman–Crippen LogP) is 2.07. The summed E-state index contributed by atoms with van der Waals surface area (Å²) in [6, 6.07) is 3.28. The van der Waals surface area contributed by atoms with Gasteiger partial charge in [0, 0.05) is 0 Å². The van der Waals surface area contributed by atoms with Crippen LogP contribution in [0.15, 0.2) is 17.0 Å². The van der Waals surface area contributed by atoms with Crippen LogP contribution in [0.2, 0.25) is 0 Å². The van der Waals surface area contributed by atoms with Gasteiger partial charge in [0.25, 0.3) is 0 Å². The Balaban J connectivity index is 3.32. The summed E-state index contributed by atoms with van der Waals surface area (Å²) in [5, 5.41) is 8.77. The van der Waals surface area contributed by atoms with Gasteiger partial charge in [-0.1, -0.05) is 0 Å². The standard InChI is InChI=1S/C12H14O5S/c1-15-8-4-7(6-10(18)12(13)14)5-9(16-2)11(8)17-3/h4-6,18H,1-3H3,(H,13,14)/b10-6+. The molecule has 0 fully saturated rings. The normalized spacial score (nSPS) is 11.0. The van der Waals surface area contributed by atoms with Gasteiger partial charge in [0.2, 0.25) is 5.75 Å². The first-order valence-electron chi connectivity index (χ1n) is 4.97. The van der Waals surface area contributed by atoms with Crippen LogP contribution in [0.3, 0.4) is 0 Å². The van der Waals surface area contributed by atoms with Crippen LogP contribution in [0.4, 0.5) is 0 Å². The highest BCUT2D eigenvalue weighted by Gasteiger charge is 2.13. The lowest BCUT2D eigenvalue weighted by Gasteiger charge is -2.12. The van der Waals surface area contributed by atoms with E-state index in [1.165, 1.54) is 27.4 Å². The van der Waals surface area contributed by atoms with Crippen LogP contribution in [0, 0.1) is 0 Å². The number of hydrogen-bond acceptors (Lipinski definition) is 5. The Kier molecular flexibility index (Phi) is 4.91. The van der Waals surface area contributed by atoms with Crippen molar-refractivity contribution in [1.82, 2.24) is 0 Å². The summed E-state index contributed by atoms with van der Waals surface area (Å²) in [5.74, 6) is 0.254. The summed E-state index contributed by atoms with van der Waals surface area (Å²) in [4.78, 5) is 10.6. The molecule has 0 aliphatic rings. The molecule has 5 nitrogen and oxygen atoms in total. The molecule has 98 valence electrons. The van der Waals surface area contributed by atoms with Gasteiger partial charge in [-0.05, 0) is 23.8 Å². The number of ether oxygens (including phenoxy) is 3. The second-order valence-corrected chi connectivity index (χ2v) is 3.78. The Labute approximate surface area is 110 Å². The van der Waals surface area contributed by atoms with Crippen LogP contribution in [0.1, 0.15) is 5.56 Å². The summed E-state index contributed by atoms with van der Waals surface area (Å²) in [7, 11) is 4.48. The molecule has 0 unspecified atom stereocenters. The minimum absolute atomic E-state index is 0.0794. The number of thiol groups is 1. The summed E-state index contributed by atoms with van der Waals surface area (Å²) >= 11 is 3.86. The van der Waals surface area contributed by atoms with Gasteiger partial charge in [0.1, 0.15) is 0 Å². The first-order chi connectivity index (χ1) is 8.53. The molecule has 0 saturated carbocycles. The lowest BCUT2D eigenvalue weighted by atomic mass is 10.1. The zero-order chi connectivity index (χ0) is 13.7. The van der Waals surface area contributed by atoms with Crippen LogP contribution in [0.5, 0.6) is 17.2 Å². The predicted molar refractivity (Wildman–Crippen MR) is 70.7 cm³/mol. The highest BCUT2D eigenvalue weighted by atomic mass is 32.1. The van der Waals surface area contributed by atoms with Gasteiger partial charge in [-0.2, -0.15) is 0 Å². The summed E-state index contributed by atoms with van der Waals surface area (Å²) in [6.07, 6.45) is 1.40. The first-order valence-corrected chi connectivity index (χ1v) is 5.42. The Hall–Kier alpha value is -1.82. The van der Waals surface area contributed by atoms with Crippen LogP contribution in [-0.2, 0) is 4.79 Å². The fraction of sp³-hybridized carbons (Fsp3) is 0.250. The van der Waals surface area contributed by atoms with Gasteiger partial charge in [-0.3, -0.25) is 0 Å². The van der Waals surface area contributed by atoms with E-state index in [1.54, 1.807) is 12.1 Å². The van der Waals surface area contributed by atoms with Crippen molar-refractivity contribution in [2.75, 3.05) is 21.3 Å². The van der Waals surface area contributed by atoms with Crippen molar-refractivity contribution in [2.45, 2.75) is 0 Å². The van der Waals surface area contributed by atoms with Gasteiger partial charge < -0.3 is 19.3 Å². The van der Waals surface area contributed by atoms with E-state index in [0.29, 0.717) is 22.8 Å². The molecule has 0 amide bonds. The smallest absolute Gasteiger partial charge is 0.341 e. The fourth-order valence-electron chi connectivity index (χ4n) is 1.40. The number of carbonyl (C=O) groups is 1. The van der Waals surface area contributed by atoms with Crippen molar-refractivity contribution < 1.29 is 24.1 Å². The number of carboxylic acid groups (broad SMARTS) is 1. The zero-order valence-electron chi connectivity index (χ0n) is 10.3. The number of methoxy groups -OCH3 is 3. The molecule has 1 rings (SSSR count). The van der Waals surface area contributed by atoms with Crippen molar-refractivity contribution in [1.29, 1.82) is 0 Å². The van der Waals surface area contributed by atoms with E-state index in [4.69, 9.17) is 19.3 Å². The molecule has 0 aromatic heterocycles. The zero-order valence-corrected chi connectivity index (χ0v) is 11.2. The van der Waals surface area contributed by atoms with Crippen LogP contribution < -0.4 is 14.2 Å². The number of hydrogen-bond donors (Lipinski definition) is 2. The van der Waals surface area contributed by atoms with Gasteiger partial charge in [0.15, 0.2) is 11.5 Å². The molecule has 0 radical (unpaired) electrons. The van der Waals surface area contributed by atoms with Crippen molar-refractivity contribution in [2.24, 2.45) is 0 Å². The molecule has 1 aromatic rings. The lowest BCUT2D eigenvalue weighted by molar-refractivity contribution is -0.131. The van der Waals surface area contributed by atoms with Gasteiger partial charge >= 0.3 is 5.97 Å². The Morgan fingerprint density at radius 1 is 1.17 bits per heavy atom. The summed E-state index contributed by atoms with van der Waals surface area (Å²) in [6.45, 7) is 0. The van der Waals surface area contributed by atoms with E-state index in [-0.39, 0.29) is 4.91 Å². The molecular formula is C12H14O5S. The molecule has 0 saturated heterocycles. The Morgan fingerprint density at radius 2 is 1.67 bits per heavy atom. The maximum Gasteiger partial charge on any atom is 0.341 e. The third-order valence-electron chi connectivity index (χ3n) is 2.21. The van der Waals surface area contributed by atoms with Crippen LogP contribution >= 0.6 is 12.6 Å². The van der Waals surface area contributed by atoms with Gasteiger partial charge in [0.05, 0.1) is 26.2 Å². The second-order valence-electron chi connectivity index (χ2n) is 3.29. The number of carboxylic acids is 1. The molecule has 0 aliphatic carbocycles. The van der Waals surface area contributed by atoms with Crippen molar-refractivity contribution in [3.63, 3.8) is 0 Å². The molecular weight excluding hydrogens is 256 g/mol. The molecule has 0 spiro atoms. The monoisotopic (exact) mass is 270 g/mol. The maximum atomic E-state index is 10.7. The van der Waals surface area contributed by atoms with Crippen molar-refractivity contribution >= 4 is 24.7 Å². The second kappa shape index (κ2) is 6.20. The summed E-state index contributed by atoms with van der Waals surface area (Å²) < 4.78 is 15.5. The van der Waals surface area contributed by atoms with Crippen LogP contribution in [-0.4, -0.2) is 32.4 Å². The maximum absolute atomic E-state index is 10.7. The molecule has 0 bridgehead atoms. The Bertz CT molecular complexity index is 456. The molecule has 6 heteroatoms. The first kappa shape index (κ1) is 14.2. The van der Waals surface area contributed by atoms with E-state index in [2.05, 4.69) is 12.6 Å². The van der Waals surface area contributed by atoms with Crippen LogP contribution in [0.25, 0.3) is 6.08 Å². The average Bonchev–Trinajstić information content (AvgIpc) is 2.37.